The molecule has 0 saturated heterocycles. The second kappa shape index (κ2) is 11.0. The Kier molecular flexibility index (Phi) is 7.40. The third-order valence-corrected chi connectivity index (χ3v) is 5.26. The summed E-state index contributed by atoms with van der Waals surface area (Å²) < 4.78 is 17.2. The van der Waals surface area contributed by atoms with Gasteiger partial charge >= 0.3 is 0 Å². The van der Waals surface area contributed by atoms with Crippen LogP contribution in [0, 0.1) is 0 Å². The first-order valence-electron chi connectivity index (χ1n) is 11.0. The van der Waals surface area contributed by atoms with Gasteiger partial charge in [0, 0.05) is 0 Å². The Hall–Kier alpha value is -4.32. The van der Waals surface area contributed by atoms with Gasteiger partial charge < -0.3 is 14.2 Å². The van der Waals surface area contributed by atoms with Crippen molar-refractivity contribution in [3.8, 4) is 17.2 Å². The lowest BCUT2D eigenvalue weighted by atomic mass is 10.1. The molecule has 1 amide bonds. The summed E-state index contributed by atoms with van der Waals surface area (Å²) in [5.74, 6) is 1.48. The van der Waals surface area contributed by atoms with Crippen LogP contribution >= 0.6 is 0 Å². The number of benzene rings is 4. The molecule has 0 saturated carbocycles. The maximum atomic E-state index is 12.2. The fourth-order valence-electron chi connectivity index (χ4n) is 3.48. The molecule has 172 valence electrons. The van der Waals surface area contributed by atoms with Gasteiger partial charge in [0.05, 0.1) is 13.3 Å². The molecule has 4 rings (SSSR count). The van der Waals surface area contributed by atoms with Crippen LogP contribution < -0.4 is 19.6 Å². The van der Waals surface area contributed by atoms with Gasteiger partial charge in [0.15, 0.2) is 17.6 Å². The number of methoxy groups -OCH3 is 1. The Labute approximate surface area is 198 Å². The van der Waals surface area contributed by atoms with E-state index in [1.165, 1.54) is 5.39 Å². The quantitative estimate of drug-likeness (QED) is 0.274. The predicted molar refractivity (Wildman–Crippen MR) is 134 cm³/mol. The van der Waals surface area contributed by atoms with Crippen LogP contribution in [-0.4, -0.2) is 25.3 Å². The highest BCUT2D eigenvalue weighted by Crippen LogP contribution is 2.29. The van der Waals surface area contributed by atoms with Crippen molar-refractivity contribution in [2.24, 2.45) is 5.10 Å². The summed E-state index contributed by atoms with van der Waals surface area (Å²) >= 11 is 0. The molecule has 1 unspecified atom stereocenters. The number of rotatable bonds is 9. The minimum atomic E-state index is -0.682. The van der Waals surface area contributed by atoms with E-state index in [9.17, 15) is 4.79 Å². The van der Waals surface area contributed by atoms with E-state index in [1.807, 2.05) is 48.5 Å². The number of nitrogens with one attached hydrogen (secondary N) is 1. The number of ether oxygens (including phenoxy) is 3. The first-order chi connectivity index (χ1) is 16.6. The van der Waals surface area contributed by atoms with E-state index >= 15 is 0 Å². The van der Waals surface area contributed by atoms with Gasteiger partial charge in [-0.1, -0.05) is 60.7 Å². The number of para-hydroxylation sites is 1. The molecule has 0 spiro atoms. The minimum Gasteiger partial charge on any atom is -0.493 e. The highest BCUT2D eigenvalue weighted by atomic mass is 16.5. The van der Waals surface area contributed by atoms with E-state index in [0.29, 0.717) is 23.9 Å². The molecule has 1 N–H and O–H groups in total. The zero-order valence-corrected chi connectivity index (χ0v) is 19.1. The van der Waals surface area contributed by atoms with Gasteiger partial charge in [0.2, 0.25) is 0 Å². The minimum absolute atomic E-state index is 0.345. The van der Waals surface area contributed by atoms with E-state index in [0.717, 1.165) is 16.5 Å². The van der Waals surface area contributed by atoms with Gasteiger partial charge in [-0.15, -0.1) is 0 Å². The fraction of sp³-hybridized carbons (Fsp3) is 0.143. The van der Waals surface area contributed by atoms with Crippen molar-refractivity contribution in [3.63, 3.8) is 0 Å². The third kappa shape index (κ3) is 5.72. The average molecular weight is 455 g/mol. The van der Waals surface area contributed by atoms with Gasteiger partial charge in [-0.25, -0.2) is 5.43 Å². The maximum absolute atomic E-state index is 12.2. The van der Waals surface area contributed by atoms with Gasteiger partial charge in [-0.3, -0.25) is 4.79 Å². The van der Waals surface area contributed by atoms with Crippen molar-refractivity contribution in [2.45, 2.75) is 19.6 Å². The number of carbonyl (C=O) groups excluding carboxylic acids is 1. The highest BCUT2D eigenvalue weighted by molar-refractivity contribution is 5.86. The van der Waals surface area contributed by atoms with E-state index < -0.39 is 6.10 Å². The predicted octanol–water partition coefficient (Wildman–Crippen LogP) is 5.35. The number of fused-ring (bicyclic) bond motifs is 1. The van der Waals surface area contributed by atoms with Crippen LogP contribution in [-0.2, 0) is 11.4 Å². The molecule has 0 bridgehead atoms. The number of nitrogens with zero attached hydrogens (tertiary/aromatic N) is 1. The van der Waals surface area contributed by atoms with E-state index in [-0.39, 0.29) is 5.91 Å². The molecule has 0 aromatic heterocycles. The van der Waals surface area contributed by atoms with Crippen LogP contribution in [0.5, 0.6) is 17.2 Å². The van der Waals surface area contributed by atoms with Crippen molar-refractivity contribution >= 4 is 22.9 Å². The van der Waals surface area contributed by atoms with Crippen LogP contribution in [0.25, 0.3) is 10.8 Å². The number of hydrazone groups is 1. The molecular weight excluding hydrogens is 428 g/mol. The molecule has 0 heterocycles. The summed E-state index contributed by atoms with van der Waals surface area (Å²) in [5, 5.41) is 6.37. The van der Waals surface area contributed by atoms with Crippen LogP contribution in [0.1, 0.15) is 18.1 Å². The normalized spacial score (nSPS) is 11.8. The first kappa shape index (κ1) is 22.9. The fourth-order valence-corrected chi connectivity index (χ4v) is 3.48. The van der Waals surface area contributed by atoms with Crippen LogP contribution in [0.2, 0.25) is 0 Å². The first-order valence-corrected chi connectivity index (χ1v) is 11.0. The summed E-state index contributed by atoms with van der Waals surface area (Å²) in [5.41, 5.74) is 4.35. The Morgan fingerprint density at radius 1 is 0.941 bits per heavy atom. The zero-order chi connectivity index (χ0) is 23.8. The second-order valence-corrected chi connectivity index (χ2v) is 7.64. The summed E-state index contributed by atoms with van der Waals surface area (Å²) in [6, 6.07) is 29.0. The monoisotopic (exact) mass is 454 g/mol. The lowest BCUT2D eigenvalue weighted by Crippen LogP contribution is -2.33. The Balaban J connectivity index is 1.37. The molecule has 0 fully saturated rings. The second-order valence-electron chi connectivity index (χ2n) is 7.64. The van der Waals surface area contributed by atoms with Crippen LogP contribution in [0.3, 0.4) is 0 Å². The molecule has 4 aromatic rings. The Bertz CT molecular complexity index is 1280. The zero-order valence-electron chi connectivity index (χ0n) is 19.1. The van der Waals surface area contributed by atoms with Crippen molar-refractivity contribution in [1.82, 2.24) is 5.43 Å². The largest absolute Gasteiger partial charge is 0.493 e. The molecular formula is C28H26N2O4. The van der Waals surface area contributed by atoms with E-state index in [2.05, 4.69) is 34.8 Å². The SMILES string of the molecule is COc1cc(/C=N/NC(=O)C(C)Oc2ccccc2)ccc1OCc1cccc2ccccc12. The van der Waals surface area contributed by atoms with Gasteiger partial charge in [0.1, 0.15) is 12.4 Å². The molecule has 6 nitrogen and oxygen atoms in total. The molecule has 0 aliphatic heterocycles. The Morgan fingerprint density at radius 2 is 1.71 bits per heavy atom. The molecule has 0 radical (unpaired) electrons. The average Bonchev–Trinajstić information content (AvgIpc) is 2.88. The van der Waals surface area contributed by atoms with Crippen molar-refractivity contribution in [1.29, 1.82) is 0 Å². The third-order valence-electron chi connectivity index (χ3n) is 5.26. The molecule has 0 aliphatic rings. The molecule has 4 aromatic carbocycles. The summed E-state index contributed by atoms with van der Waals surface area (Å²) in [6.45, 7) is 2.09. The van der Waals surface area contributed by atoms with Gasteiger partial charge in [-0.05, 0) is 59.2 Å². The van der Waals surface area contributed by atoms with Gasteiger partial charge in [-0.2, -0.15) is 5.10 Å². The lowest BCUT2D eigenvalue weighted by Gasteiger charge is -2.13. The standard InChI is InChI=1S/C28H26N2O4/c1-20(34-24-12-4-3-5-13-24)28(31)30-29-18-21-15-16-26(27(17-21)32-2)33-19-23-11-8-10-22-9-6-7-14-25(22)23/h3-18,20H,19H2,1-2H3,(H,30,31)/b29-18+. The smallest absolute Gasteiger partial charge is 0.280 e. The van der Waals surface area contributed by atoms with Crippen LogP contribution in [0.4, 0.5) is 0 Å². The molecule has 6 heteroatoms. The van der Waals surface area contributed by atoms with Crippen molar-refractivity contribution in [3.05, 3.63) is 102 Å². The number of carbonyl (C=O) groups is 1. The maximum Gasteiger partial charge on any atom is 0.280 e. The molecule has 1 atom stereocenters. The number of amides is 1. The van der Waals surface area contributed by atoms with Gasteiger partial charge in [0.25, 0.3) is 5.91 Å². The van der Waals surface area contributed by atoms with Crippen LogP contribution in [0.15, 0.2) is 96.1 Å². The summed E-state index contributed by atoms with van der Waals surface area (Å²) in [6.07, 6.45) is 0.864. The van der Waals surface area contributed by atoms with Crippen molar-refractivity contribution in [2.75, 3.05) is 7.11 Å². The molecule has 0 aliphatic carbocycles. The highest BCUT2D eigenvalue weighted by Gasteiger charge is 2.13. The van der Waals surface area contributed by atoms with E-state index in [4.69, 9.17) is 14.2 Å². The number of hydrogen-bond acceptors (Lipinski definition) is 5. The lowest BCUT2D eigenvalue weighted by molar-refractivity contribution is -0.127. The van der Waals surface area contributed by atoms with Crippen molar-refractivity contribution < 1.29 is 19.0 Å². The molecule has 34 heavy (non-hydrogen) atoms. The number of hydrogen-bond donors (Lipinski definition) is 1. The van der Waals surface area contributed by atoms with E-state index in [1.54, 1.807) is 38.4 Å². The topological polar surface area (TPSA) is 69.2 Å². The summed E-state index contributed by atoms with van der Waals surface area (Å²) in [7, 11) is 1.59. The summed E-state index contributed by atoms with van der Waals surface area (Å²) in [4.78, 5) is 12.2. The Morgan fingerprint density at radius 3 is 2.53 bits per heavy atom.